The van der Waals surface area contributed by atoms with E-state index in [4.69, 9.17) is 5.41 Å². The van der Waals surface area contributed by atoms with E-state index in [1.165, 1.54) is 0 Å². The van der Waals surface area contributed by atoms with Crippen molar-refractivity contribution in [2.75, 3.05) is 13.1 Å². The molecule has 8 nitrogen and oxygen atoms in total. The molecule has 3 aliphatic rings. The summed E-state index contributed by atoms with van der Waals surface area (Å²) >= 11 is 0. The van der Waals surface area contributed by atoms with Gasteiger partial charge < -0.3 is 14.8 Å². The molecule has 2 aliphatic heterocycles. The Morgan fingerprint density at radius 1 is 1.25 bits per heavy atom. The van der Waals surface area contributed by atoms with Gasteiger partial charge in [-0.2, -0.15) is 5.10 Å². The molecule has 8 heteroatoms. The van der Waals surface area contributed by atoms with Gasteiger partial charge in [-0.25, -0.2) is 4.99 Å². The van der Waals surface area contributed by atoms with E-state index in [1.54, 1.807) is 4.68 Å². The Morgan fingerprint density at radius 2 is 2.00 bits per heavy atom. The van der Waals surface area contributed by atoms with Crippen LogP contribution in [-0.4, -0.2) is 67.8 Å². The lowest BCUT2D eigenvalue weighted by molar-refractivity contribution is -0.137. The summed E-state index contributed by atoms with van der Waals surface area (Å²) in [5, 5.41) is 11.8. The minimum absolute atomic E-state index is 0.260. The lowest BCUT2D eigenvalue weighted by atomic mass is 10.1. The molecular weight excluding hydrogens is 354 g/mol. The van der Waals surface area contributed by atoms with Gasteiger partial charge in [0.1, 0.15) is 6.34 Å². The second kappa shape index (κ2) is 6.61. The molecule has 2 bridgehead atoms. The number of hydrogen-bond acceptors (Lipinski definition) is 3. The first-order valence-electron chi connectivity index (χ1n) is 9.95. The number of nitrogens with one attached hydrogen (secondary N) is 2. The summed E-state index contributed by atoms with van der Waals surface area (Å²) in [7, 11) is 1.90. The zero-order valence-electron chi connectivity index (χ0n) is 16.0. The van der Waals surface area contributed by atoms with Gasteiger partial charge in [0.15, 0.2) is 5.84 Å². The van der Waals surface area contributed by atoms with Crippen molar-refractivity contribution in [2.24, 2.45) is 18.0 Å². The van der Waals surface area contributed by atoms with Crippen LogP contribution in [0.15, 0.2) is 29.6 Å². The van der Waals surface area contributed by atoms with Crippen LogP contribution in [0, 0.1) is 11.3 Å². The van der Waals surface area contributed by atoms with Crippen LogP contribution in [0.2, 0.25) is 0 Å². The zero-order valence-corrected chi connectivity index (χ0v) is 16.0. The van der Waals surface area contributed by atoms with Crippen molar-refractivity contribution in [1.82, 2.24) is 24.6 Å². The number of nitrogens with zero attached hydrogens (tertiary/aromatic N) is 5. The Kier molecular flexibility index (Phi) is 4.07. The molecule has 2 atom stereocenters. The lowest BCUT2D eigenvalue weighted by Crippen LogP contribution is -2.57. The molecule has 4 heterocycles. The maximum Gasteiger partial charge on any atom is 0.226 e. The van der Waals surface area contributed by atoms with E-state index in [9.17, 15) is 4.79 Å². The van der Waals surface area contributed by atoms with Crippen molar-refractivity contribution in [1.29, 1.82) is 5.41 Å². The smallest absolute Gasteiger partial charge is 0.226 e. The van der Waals surface area contributed by atoms with E-state index in [0.717, 1.165) is 67.8 Å². The maximum absolute atomic E-state index is 12.7. The second-order valence-corrected chi connectivity index (χ2v) is 8.10. The average Bonchev–Trinajstić information content (AvgIpc) is 3.17. The predicted octanol–water partition coefficient (Wildman–Crippen LogP) is 1.85. The SMILES string of the molecule is Cn1cc(-c2c[nH]c(/C(=N\C=N)N3CC4CCC(C3)N4C(=O)C3CC3)c2)cn1. The van der Waals surface area contributed by atoms with Gasteiger partial charge in [-0.1, -0.05) is 0 Å². The third-order valence-electron chi connectivity index (χ3n) is 6.11. The number of aromatic nitrogens is 3. The Balaban J connectivity index is 1.38. The number of rotatable bonds is 4. The maximum atomic E-state index is 12.7. The van der Waals surface area contributed by atoms with Crippen LogP contribution in [0.3, 0.4) is 0 Å². The Morgan fingerprint density at radius 3 is 2.61 bits per heavy atom. The van der Waals surface area contributed by atoms with E-state index < -0.39 is 0 Å². The normalized spacial score (nSPS) is 24.7. The number of fused-ring (bicyclic) bond motifs is 2. The molecular formula is C20H25N7O. The number of amidine groups is 1. The number of piperazine rings is 1. The van der Waals surface area contributed by atoms with Crippen LogP contribution < -0.4 is 0 Å². The number of H-pyrrole nitrogens is 1. The van der Waals surface area contributed by atoms with Gasteiger partial charge in [0.2, 0.25) is 5.91 Å². The summed E-state index contributed by atoms with van der Waals surface area (Å²) in [5.74, 6) is 1.41. The summed E-state index contributed by atoms with van der Waals surface area (Å²) in [6.45, 7) is 1.56. The van der Waals surface area contributed by atoms with Crippen molar-refractivity contribution < 1.29 is 4.79 Å². The van der Waals surface area contributed by atoms with Crippen LogP contribution in [0.25, 0.3) is 11.1 Å². The van der Waals surface area contributed by atoms with Crippen LogP contribution in [0.5, 0.6) is 0 Å². The van der Waals surface area contributed by atoms with Gasteiger partial charge >= 0.3 is 0 Å². The number of amides is 1. The molecule has 2 N–H and O–H groups in total. The van der Waals surface area contributed by atoms with E-state index in [-0.39, 0.29) is 18.0 Å². The molecule has 28 heavy (non-hydrogen) atoms. The molecule has 1 amide bonds. The highest BCUT2D eigenvalue weighted by molar-refractivity contribution is 6.02. The van der Waals surface area contributed by atoms with Gasteiger partial charge in [0.25, 0.3) is 0 Å². The number of carbonyl (C=O) groups is 1. The molecule has 1 aliphatic carbocycles. The van der Waals surface area contributed by atoms with Crippen molar-refractivity contribution in [3.05, 3.63) is 30.4 Å². The minimum Gasteiger partial charge on any atom is -0.358 e. The van der Waals surface area contributed by atoms with Gasteiger partial charge in [0.05, 0.1) is 11.9 Å². The molecule has 5 rings (SSSR count). The van der Waals surface area contributed by atoms with Gasteiger partial charge in [-0.3, -0.25) is 14.9 Å². The summed E-state index contributed by atoms with van der Waals surface area (Å²) in [5.41, 5.74) is 2.98. The minimum atomic E-state index is 0.260. The average molecular weight is 379 g/mol. The molecule has 0 radical (unpaired) electrons. The van der Waals surface area contributed by atoms with Crippen molar-refractivity contribution >= 4 is 18.1 Å². The summed E-state index contributed by atoms with van der Waals surface area (Å²) in [6, 6.07) is 2.58. The van der Waals surface area contributed by atoms with Crippen LogP contribution in [0.1, 0.15) is 31.4 Å². The van der Waals surface area contributed by atoms with Crippen molar-refractivity contribution in [3.63, 3.8) is 0 Å². The third-order valence-corrected chi connectivity index (χ3v) is 6.11. The largest absolute Gasteiger partial charge is 0.358 e. The molecule has 0 aromatic carbocycles. The fourth-order valence-corrected chi connectivity index (χ4v) is 4.62. The first-order chi connectivity index (χ1) is 13.6. The molecule has 2 unspecified atom stereocenters. The Hall–Kier alpha value is -2.90. The molecule has 3 fully saturated rings. The fraction of sp³-hybridized carbons (Fsp3) is 0.500. The Bertz CT molecular complexity index is 924. The molecule has 1 saturated carbocycles. The number of hydrogen-bond donors (Lipinski definition) is 2. The standard InChI is InChI=1S/C20H25N7O/c1-25-9-15(8-24-25)14-6-18(22-7-14)19(23-12-21)26-10-16-4-5-17(11-26)27(16)20(28)13-2-3-13/h6-9,12-13,16-17,21-22H,2-5,10-11H2,1H3/b21-12?,23-19+. The number of aliphatic imine (C=N–C) groups is 1. The third kappa shape index (κ3) is 2.93. The number of aryl methyl sites for hydroxylation is 1. The Labute approximate surface area is 163 Å². The van der Waals surface area contributed by atoms with E-state index in [2.05, 4.69) is 30.9 Å². The monoisotopic (exact) mass is 379 g/mol. The number of carbonyl (C=O) groups excluding carboxylic acids is 1. The molecule has 2 aromatic rings. The molecule has 0 spiro atoms. The summed E-state index contributed by atoms with van der Waals surface area (Å²) in [6.07, 6.45) is 11.1. The van der Waals surface area contributed by atoms with E-state index >= 15 is 0 Å². The quantitative estimate of drug-likeness (QED) is 0.627. The van der Waals surface area contributed by atoms with E-state index in [1.807, 2.05) is 25.6 Å². The van der Waals surface area contributed by atoms with Crippen LogP contribution in [-0.2, 0) is 11.8 Å². The highest BCUT2D eigenvalue weighted by Gasteiger charge is 2.47. The summed E-state index contributed by atoms with van der Waals surface area (Å²) in [4.78, 5) is 24.8. The molecule has 146 valence electrons. The first kappa shape index (κ1) is 17.2. The van der Waals surface area contributed by atoms with Gasteiger partial charge in [0, 0.05) is 61.7 Å². The lowest BCUT2D eigenvalue weighted by Gasteiger charge is -2.42. The zero-order chi connectivity index (χ0) is 19.3. The van der Waals surface area contributed by atoms with Gasteiger partial charge in [-0.15, -0.1) is 0 Å². The topological polar surface area (TPSA) is 93.4 Å². The fourth-order valence-electron chi connectivity index (χ4n) is 4.62. The highest BCUT2D eigenvalue weighted by atomic mass is 16.2. The van der Waals surface area contributed by atoms with Crippen molar-refractivity contribution in [3.8, 4) is 11.1 Å². The molecule has 2 saturated heterocycles. The number of aromatic amines is 1. The second-order valence-electron chi connectivity index (χ2n) is 8.10. The molecule has 2 aromatic heterocycles. The van der Waals surface area contributed by atoms with E-state index in [0.29, 0.717) is 5.91 Å². The predicted molar refractivity (Wildman–Crippen MR) is 106 cm³/mol. The van der Waals surface area contributed by atoms with Gasteiger partial charge in [-0.05, 0) is 31.7 Å². The summed E-state index contributed by atoms with van der Waals surface area (Å²) < 4.78 is 1.78. The van der Waals surface area contributed by atoms with Crippen LogP contribution >= 0.6 is 0 Å². The number of likely N-dealkylation sites (tertiary alicyclic amines) is 1. The first-order valence-corrected chi connectivity index (χ1v) is 9.95. The van der Waals surface area contributed by atoms with Crippen LogP contribution in [0.4, 0.5) is 0 Å². The van der Waals surface area contributed by atoms with Crippen molar-refractivity contribution in [2.45, 2.75) is 37.8 Å². The highest BCUT2D eigenvalue weighted by Crippen LogP contribution is 2.38.